The first-order valence-corrected chi connectivity index (χ1v) is 9.84. The van der Waals surface area contributed by atoms with Crippen LogP contribution in [0.25, 0.3) is 5.69 Å². The number of benzene rings is 1. The lowest BCUT2D eigenvalue weighted by atomic mass is 9.87. The van der Waals surface area contributed by atoms with Crippen molar-refractivity contribution in [2.45, 2.75) is 25.3 Å². The van der Waals surface area contributed by atoms with Gasteiger partial charge in [0.2, 0.25) is 5.95 Å². The van der Waals surface area contributed by atoms with Gasteiger partial charge in [0.05, 0.1) is 18.9 Å². The summed E-state index contributed by atoms with van der Waals surface area (Å²) in [5.74, 6) is 0.225. The highest BCUT2D eigenvalue weighted by Gasteiger charge is 2.35. The van der Waals surface area contributed by atoms with E-state index in [0.29, 0.717) is 18.4 Å². The molecule has 150 valence electrons. The van der Waals surface area contributed by atoms with Crippen LogP contribution in [0.5, 0.6) is 0 Å². The van der Waals surface area contributed by atoms with Crippen LogP contribution in [0.4, 0.5) is 5.95 Å². The number of para-hydroxylation sites is 1. The van der Waals surface area contributed by atoms with Crippen LogP contribution in [0, 0.1) is 5.92 Å². The summed E-state index contributed by atoms with van der Waals surface area (Å²) in [5.41, 5.74) is 0.917. The normalized spacial score (nSPS) is 23.6. The largest absolute Gasteiger partial charge is 0.481 e. The monoisotopic (exact) mass is 386 g/mol. The maximum Gasteiger partial charge on any atom is 0.303 e. The van der Waals surface area contributed by atoms with E-state index < -0.39 is 5.97 Å². The van der Waals surface area contributed by atoms with Gasteiger partial charge < -0.3 is 14.7 Å². The number of carboxylic acids is 1. The molecule has 2 unspecified atom stereocenters. The fraction of sp³-hybridized carbons (Fsp3) is 0.579. The van der Waals surface area contributed by atoms with E-state index in [4.69, 9.17) is 4.74 Å². The molecule has 2 saturated heterocycles. The minimum absolute atomic E-state index is 0.184. The number of piperidine rings is 1. The van der Waals surface area contributed by atoms with E-state index in [-0.39, 0.29) is 12.3 Å². The van der Waals surface area contributed by atoms with Gasteiger partial charge in [-0.2, -0.15) is 4.68 Å². The van der Waals surface area contributed by atoms with Crippen molar-refractivity contribution in [3.05, 3.63) is 30.3 Å². The van der Waals surface area contributed by atoms with Crippen LogP contribution < -0.4 is 4.90 Å². The minimum Gasteiger partial charge on any atom is -0.481 e. The molecular formula is C19H26N6O3. The summed E-state index contributed by atoms with van der Waals surface area (Å²) in [6.45, 7) is 4.92. The average Bonchev–Trinajstić information content (AvgIpc) is 3.23. The second kappa shape index (κ2) is 8.66. The number of ether oxygens (including phenoxy) is 1. The molecule has 1 aromatic heterocycles. The number of hydrogen-bond acceptors (Lipinski definition) is 7. The molecule has 0 saturated carbocycles. The Morgan fingerprint density at radius 1 is 1.18 bits per heavy atom. The molecule has 0 radical (unpaired) electrons. The maximum absolute atomic E-state index is 11.2. The van der Waals surface area contributed by atoms with Gasteiger partial charge in [-0.15, -0.1) is 0 Å². The van der Waals surface area contributed by atoms with Crippen LogP contribution in [0.2, 0.25) is 0 Å². The molecule has 0 aliphatic carbocycles. The fourth-order valence-electron chi connectivity index (χ4n) is 4.30. The summed E-state index contributed by atoms with van der Waals surface area (Å²) in [5, 5.41) is 21.5. The number of tetrazole rings is 1. The van der Waals surface area contributed by atoms with Crippen molar-refractivity contribution < 1.29 is 14.6 Å². The molecule has 4 rings (SSSR count). The van der Waals surface area contributed by atoms with Gasteiger partial charge in [0.25, 0.3) is 0 Å². The Morgan fingerprint density at radius 3 is 2.71 bits per heavy atom. The van der Waals surface area contributed by atoms with E-state index in [9.17, 15) is 9.90 Å². The van der Waals surface area contributed by atoms with Crippen molar-refractivity contribution in [1.82, 2.24) is 25.1 Å². The van der Waals surface area contributed by atoms with Gasteiger partial charge in [0.1, 0.15) is 0 Å². The molecule has 0 bridgehead atoms. The number of carbonyl (C=O) groups is 1. The zero-order chi connectivity index (χ0) is 19.3. The number of rotatable bonds is 6. The third-order valence-corrected chi connectivity index (χ3v) is 5.67. The highest BCUT2D eigenvalue weighted by molar-refractivity contribution is 5.66. The Labute approximate surface area is 163 Å². The molecule has 9 nitrogen and oxygen atoms in total. The average molecular weight is 386 g/mol. The van der Waals surface area contributed by atoms with Crippen molar-refractivity contribution >= 4 is 11.9 Å². The van der Waals surface area contributed by atoms with Crippen LogP contribution in [0.1, 0.15) is 19.3 Å². The topological polar surface area (TPSA) is 96.6 Å². The lowest BCUT2D eigenvalue weighted by molar-refractivity contribution is -0.137. The van der Waals surface area contributed by atoms with Crippen LogP contribution in [-0.4, -0.2) is 81.6 Å². The number of anilines is 1. The maximum atomic E-state index is 11.2. The Balaban J connectivity index is 1.53. The van der Waals surface area contributed by atoms with Crippen LogP contribution in [-0.2, 0) is 9.53 Å². The van der Waals surface area contributed by atoms with Crippen molar-refractivity contribution in [3.63, 3.8) is 0 Å². The Bertz CT molecular complexity index is 777. The predicted molar refractivity (Wildman–Crippen MR) is 103 cm³/mol. The Hall–Kier alpha value is -2.52. The molecule has 3 heterocycles. The number of hydrogen-bond donors (Lipinski definition) is 1. The second-order valence-corrected chi connectivity index (χ2v) is 7.37. The molecule has 28 heavy (non-hydrogen) atoms. The number of aromatic nitrogens is 4. The van der Waals surface area contributed by atoms with Gasteiger partial charge in [-0.05, 0) is 41.3 Å². The van der Waals surface area contributed by atoms with Crippen molar-refractivity contribution in [3.8, 4) is 5.69 Å². The second-order valence-electron chi connectivity index (χ2n) is 7.37. The van der Waals surface area contributed by atoms with Crippen molar-refractivity contribution in [2.24, 2.45) is 5.92 Å². The van der Waals surface area contributed by atoms with E-state index >= 15 is 0 Å². The summed E-state index contributed by atoms with van der Waals surface area (Å²) in [7, 11) is 0. The summed E-state index contributed by atoms with van der Waals surface area (Å²) >= 11 is 0. The summed E-state index contributed by atoms with van der Waals surface area (Å²) in [6, 6.07) is 10.2. The number of morpholine rings is 1. The summed E-state index contributed by atoms with van der Waals surface area (Å²) in [4.78, 5) is 15.8. The van der Waals surface area contributed by atoms with Gasteiger partial charge in [0, 0.05) is 38.6 Å². The fourth-order valence-corrected chi connectivity index (χ4v) is 4.30. The molecule has 2 aliphatic heterocycles. The first-order valence-electron chi connectivity index (χ1n) is 9.84. The van der Waals surface area contributed by atoms with Gasteiger partial charge in [-0.3, -0.25) is 9.69 Å². The van der Waals surface area contributed by atoms with Gasteiger partial charge in [-0.25, -0.2) is 0 Å². The van der Waals surface area contributed by atoms with Gasteiger partial charge >= 0.3 is 5.97 Å². The SMILES string of the molecule is O=C(O)CCC1CN(c2nnnn2-c2ccccc2)CCC1N1CCOCC1. The zero-order valence-electron chi connectivity index (χ0n) is 15.9. The van der Waals surface area contributed by atoms with Crippen LogP contribution in [0.3, 0.4) is 0 Å². The summed E-state index contributed by atoms with van der Waals surface area (Å²) in [6.07, 6.45) is 1.80. The standard InChI is InChI=1S/C19H26N6O3/c26-18(27)7-6-15-14-24(9-8-17(15)23-10-12-28-13-11-23)19-20-21-22-25(19)16-4-2-1-3-5-16/h1-5,15,17H,6-14H2,(H,26,27). The van der Waals surface area contributed by atoms with E-state index in [1.807, 2.05) is 30.3 Å². The number of aliphatic carboxylic acids is 1. The molecular weight excluding hydrogens is 360 g/mol. The predicted octanol–water partition coefficient (Wildman–Crippen LogP) is 1.05. The molecule has 2 fully saturated rings. The van der Waals surface area contributed by atoms with Crippen LogP contribution >= 0.6 is 0 Å². The molecule has 9 heteroatoms. The third kappa shape index (κ3) is 4.15. The molecule has 2 aliphatic rings. The smallest absolute Gasteiger partial charge is 0.303 e. The highest BCUT2D eigenvalue weighted by atomic mass is 16.5. The third-order valence-electron chi connectivity index (χ3n) is 5.67. The molecule has 0 amide bonds. The van der Waals surface area contributed by atoms with E-state index in [2.05, 4.69) is 25.3 Å². The first kappa shape index (κ1) is 18.8. The Kier molecular flexibility index (Phi) is 5.82. The quantitative estimate of drug-likeness (QED) is 0.787. The Morgan fingerprint density at radius 2 is 1.96 bits per heavy atom. The first-order chi connectivity index (χ1) is 13.7. The zero-order valence-corrected chi connectivity index (χ0v) is 15.9. The molecule has 1 aromatic carbocycles. The molecule has 0 spiro atoms. The van der Waals surface area contributed by atoms with E-state index in [1.165, 1.54) is 0 Å². The van der Waals surface area contributed by atoms with Gasteiger partial charge in [0.15, 0.2) is 0 Å². The summed E-state index contributed by atoms with van der Waals surface area (Å²) < 4.78 is 7.25. The minimum atomic E-state index is -0.744. The van der Waals surface area contributed by atoms with Gasteiger partial charge in [-0.1, -0.05) is 23.3 Å². The molecule has 1 N–H and O–H groups in total. The molecule has 2 atom stereocenters. The number of carboxylic acid groups (broad SMARTS) is 1. The van der Waals surface area contributed by atoms with Crippen molar-refractivity contribution in [1.29, 1.82) is 0 Å². The highest BCUT2D eigenvalue weighted by Crippen LogP contribution is 2.29. The lowest BCUT2D eigenvalue weighted by Gasteiger charge is -2.45. The number of nitrogens with zero attached hydrogens (tertiary/aromatic N) is 6. The van der Waals surface area contributed by atoms with E-state index in [1.54, 1.807) is 4.68 Å². The van der Waals surface area contributed by atoms with E-state index in [0.717, 1.165) is 51.5 Å². The van der Waals surface area contributed by atoms with Crippen molar-refractivity contribution in [2.75, 3.05) is 44.3 Å². The lowest BCUT2D eigenvalue weighted by Crippen LogP contribution is -2.54. The molecule has 2 aromatic rings. The van der Waals surface area contributed by atoms with Crippen LogP contribution in [0.15, 0.2) is 30.3 Å².